The van der Waals surface area contributed by atoms with E-state index in [1.54, 1.807) is 30.3 Å². The summed E-state index contributed by atoms with van der Waals surface area (Å²) in [5.74, 6) is -3.38. The highest BCUT2D eigenvalue weighted by molar-refractivity contribution is 6.31. The lowest BCUT2D eigenvalue weighted by Crippen LogP contribution is -2.35. The molecule has 9 nitrogen and oxygen atoms in total. The van der Waals surface area contributed by atoms with E-state index in [-0.39, 0.29) is 33.8 Å². The molecule has 31 heavy (non-hydrogen) atoms. The van der Waals surface area contributed by atoms with E-state index in [1.165, 1.54) is 30.3 Å². The predicted octanol–water partition coefficient (Wildman–Crippen LogP) is 2.80. The molecule has 0 saturated carbocycles. The Bertz CT molecular complexity index is 1230. The fourth-order valence-corrected chi connectivity index (χ4v) is 3.06. The van der Waals surface area contributed by atoms with Crippen LogP contribution in [0.15, 0.2) is 70.7 Å². The summed E-state index contributed by atoms with van der Waals surface area (Å²) in [7, 11) is 0. The molecule has 0 atom stereocenters. The number of amides is 2. The van der Waals surface area contributed by atoms with Gasteiger partial charge in [0.2, 0.25) is 0 Å². The average molecular weight is 418 g/mol. The number of rotatable bonds is 5. The normalized spacial score (nSPS) is 14.7. The number of hydrazine groups is 1. The highest BCUT2D eigenvalue weighted by Gasteiger charge is 2.34. The van der Waals surface area contributed by atoms with Crippen molar-refractivity contribution in [2.75, 3.05) is 5.01 Å². The summed E-state index contributed by atoms with van der Waals surface area (Å²) in [6.07, 6.45) is 1.27. The van der Waals surface area contributed by atoms with Crippen LogP contribution in [-0.2, 0) is 9.59 Å². The zero-order valence-electron chi connectivity index (χ0n) is 15.7. The van der Waals surface area contributed by atoms with Crippen molar-refractivity contribution in [3.8, 4) is 11.3 Å². The third-order valence-corrected chi connectivity index (χ3v) is 4.53. The monoisotopic (exact) mass is 418 g/mol. The van der Waals surface area contributed by atoms with Crippen LogP contribution in [-0.4, -0.2) is 34.0 Å². The van der Waals surface area contributed by atoms with Crippen molar-refractivity contribution in [2.24, 2.45) is 0 Å². The van der Waals surface area contributed by atoms with E-state index in [2.05, 4.69) is 5.43 Å². The van der Waals surface area contributed by atoms with Gasteiger partial charge in [-0.2, -0.15) is 0 Å². The highest BCUT2D eigenvalue weighted by atomic mass is 16.4. The van der Waals surface area contributed by atoms with Gasteiger partial charge in [0, 0.05) is 5.56 Å². The summed E-state index contributed by atoms with van der Waals surface area (Å²) in [5, 5.41) is 19.5. The Morgan fingerprint density at radius 2 is 1.55 bits per heavy atom. The van der Waals surface area contributed by atoms with Gasteiger partial charge in [-0.1, -0.05) is 18.2 Å². The molecular weight excluding hydrogens is 404 g/mol. The third-order valence-electron chi connectivity index (χ3n) is 4.53. The van der Waals surface area contributed by atoms with Crippen LogP contribution in [0.1, 0.15) is 26.5 Å². The molecule has 3 N–H and O–H groups in total. The fraction of sp³-hybridized carbons (Fsp3) is 0. The van der Waals surface area contributed by atoms with Gasteiger partial charge in [-0.15, -0.1) is 0 Å². The van der Waals surface area contributed by atoms with Crippen LogP contribution in [0, 0.1) is 0 Å². The number of nitrogens with one attached hydrogen (secondary N) is 1. The number of carbonyl (C=O) groups excluding carboxylic acids is 2. The van der Waals surface area contributed by atoms with Crippen LogP contribution < -0.4 is 10.4 Å². The topological polar surface area (TPSA) is 137 Å². The number of nitrogens with zero attached hydrogens (tertiary/aromatic N) is 1. The Kier molecular flexibility index (Phi) is 4.84. The fourth-order valence-electron chi connectivity index (χ4n) is 3.06. The molecular formula is C22H14N2O7. The Morgan fingerprint density at radius 1 is 0.903 bits per heavy atom. The number of benzene rings is 2. The molecule has 0 unspecified atom stereocenters. The first-order valence-electron chi connectivity index (χ1n) is 8.97. The maximum absolute atomic E-state index is 12.6. The molecule has 1 fully saturated rings. The maximum atomic E-state index is 12.6. The van der Waals surface area contributed by atoms with E-state index in [0.717, 1.165) is 11.1 Å². The molecule has 1 saturated heterocycles. The second kappa shape index (κ2) is 7.64. The van der Waals surface area contributed by atoms with E-state index in [9.17, 15) is 29.4 Å². The minimum atomic E-state index is -1.28. The van der Waals surface area contributed by atoms with Gasteiger partial charge in [0.15, 0.2) is 0 Å². The molecule has 0 bridgehead atoms. The van der Waals surface area contributed by atoms with Crippen LogP contribution in [0.4, 0.5) is 5.69 Å². The van der Waals surface area contributed by atoms with Crippen molar-refractivity contribution in [3.63, 3.8) is 0 Å². The average Bonchev–Trinajstić information content (AvgIpc) is 3.34. The molecule has 4 rings (SSSR count). The van der Waals surface area contributed by atoms with E-state index in [1.807, 2.05) is 0 Å². The van der Waals surface area contributed by atoms with Gasteiger partial charge in [-0.3, -0.25) is 15.0 Å². The molecule has 1 aliphatic heterocycles. The van der Waals surface area contributed by atoms with Gasteiger partial charge in [0.05, 0.1) is 16.8 Å². The van der Waals surface area contributed by atoms with Gasteiger partial charge in [0.1, 0.15) is 17.1 Å². The number of hydrogen-bond donors (Lipinski definition) is 3. The predicted molar refractivity (Wildman–Crippen MR) is 108 cm³/mol. The molecule has 2 heterocycles. The number of carbonyl (C=O) groups is 4. The van der Waals surface area contributed by atoms with Crippen LogP contribution in [0.25, 0.3) is 17.4 Å². The first-order chi connectivity index (χ1) is 14.8. The van der Waals surface area contributed by atoms with Crippen LogP contribution in [0.3, 0.4) is 0 Å². The largest absolute Gasteiger partial charge is 0.478 e. The Labute approximate surface area is 174 Å². The summed E-state index contributed by atoms with van der Waals surface area (Å²) >= 11 is 0. The zero-order chi connectivity index (χ0) is 22.1. The van der Waals surface area contributed by atoms with Crippen molar-refractivity contribution in [1.29, 1.82) is 0 Å². The Hall–Kier alpha value is -4.66. The quantitative estimate of drug-likeness (QED) is 0.428. The number of para-hydroxylation sites is 1. The second-order valence-electron chi connectivity index (χ2n) is 6.59. The van der Waals surface area contributed by atoms with Gasteiger partial charge in [-0.05, 0) is 48.5 Å². The lowest BCUT2D eigenvalue weighted by molar-refractivity contribution is -0.117. The van der Waals surface area contributed by atoms with Crippen LogP contribution in [0.5, 0.6) is 0 Å². The first-order valence-corrected chi connectivity index (χ1v) is 8.97. The lowest BCUT2D eigenvalue weighted by Gasteiger charge is -2.13. The number of carboxylic acids is 2. The summed E-state index contributed by atoms with van der Waals surface area (Å²) in [5.41, 5.74) is 2.63. The number of anilines is 1. The zero-order valence-corrected chi connectivity index (χ0v) is 15.7. The van der Waals surface area contributed by atoms with Crippen molar-refractivity contribution < 1.29 is 33.8 Å². The van der Waals surface area contributed by atoms with Crippen molar-refractivity contribution in [3.05, 3.63) is 83.1 Å². The minimum absolute atomic E-state index is 0.143. The molecule has 1 aromatic heterocycles. The molecule has 0 aliphatic carbocycles. The molecule has 3 aromatic rings. The van der Waals surface area contributed by atoms with Crippen molar-refractivity contribution >= 4 is 35.5 Å². The van der Waals surface area contributed by atoms with E-state index in [0.29, 0.717) is 5.69 Å². The van der Waals surface area contributed by atoms with Crippen LogP contribution in [0.2, 0.25) is 0 Å². The minimum Gasteiger partial charge on any atom is -0.478 e. The van der Waals surface area contributed by atoms with Gasteiger partial charge in [0.25, 0.3) is 11.8 Å². The molecule has 0 spiro atoms. The van der Waals surface area contributed by atoms with E-state index in [4.69, 9.17) is 4.42 Å². The maximum Gasteiger partial charge on any atom is 0.335 e. The number of hydrogen-bond acceptors (Lipinski definition) is 5. The second-order valence-corrected chi connectivity index (χ2v) is 6.59. The highest BCUT2D eigenvalue weighted by Crippen LogP contribution is 2.27. The number of aromatic carboxylic acids is 2. The molecule has 2 amide bonds. The summed E-state index contributed by atoms with van der Waals surface area (Å²) < 4.78 is 5.63. The summed E-state index contributed by atoms with van der Waals surface area (Å²) in [6, 6.07) is 15.1. The summed E-state index contributed by atoms with van der Waals surface area (Å²) in [6.45, 7) is 0. The third kappa shape index (κ3) is 3.79. The molecule has 0 radical (unpaired) electrons. The molecule has 154 valence electrons. The van der Waals surface area contributed by atoms with E-state index >= 15 is 0 Å². The standard InChI is InChI=1S/C22H14N2O7/c25-19-17(20(26)24(23-19)15-4-2-1-3-5-15)11-16-6-7-18(31-16)12-8-13(21(27)28)10-14(9-12)22(29)30/h1-11H,(H,23,25)(H,27,28)(H,29,30)/b17-11-. The van der Waals surface area contributed by atoms with Crippen LogP contribution >= 0.6 is 0 Å². The molecule has 2 aromatic carbocycles. The van der Waals surface area contributed by atoms with Crippen molar-refractivity contribution in [1.82, 2.24) is 5.43 Å². The lowest BCUT2D eigenvalue weighted by atomic mass is 10.0. The number of carboxylic acid groups (broad SMARTS) is 2. The molecule has 9 heteroatoms. The summed E-state index contributed by atoms with van der Waals surface area (Å²) in [4.78, 5) is 47.5. The first kappa shape index (κ1) is 19.6. The smallest absolute Gasteiger partial charge is 0.335 e. The van der Waals surface area contributed by atoms with Gasteiger partial charge >= 0.3 is 11.9 Å². The Balaban J connectivity index is 1.66. The van der Waals surface area contributed by atoms with Crippen molar-refractivity contribution in [2.45, 2.75) is 0 Å². The SMILES string of the molecule is O=C1NN(c2ccccc2)C(=O)/C1=C\c1ccc(-c2cc(C(=O)O)cc(C(=O)O)c2)o1. The van der Waals surface area contributed by atoms with E-state index < -0.39 is 23.8 Å². The van der Waals surface area contributed by atoms with Gasteiger partial charge < -0.3 is 14.6 Å². The number of furan rings is 1. The Morgan fingerprint density at radius 3 is 2.16 bits per heavy atom. The van der Waals surface area contributed by atoms with Gasteiger partial charge in [-0.25, -0.2) is 14.6 Å². The molecule has 1 aliphatic rings.